The Balaban J connectivity index is 1.64. The molecule has 4 aromatic heterocycles. The van der Waals surface area contributed by atoms with Crippen LogP contribution in [0.4, 0.5) is 9.59 Å². The minimum absolute atomic E-state index is 0.127. The molecule has 1 unspecified atom stereocenters. The summed E-state index contributed by atoms with van der Waals surface area (Å²) in [5, 5.41) is 3.83. The van der Waals surface area contributed by atoms with Gasteiger partial charge >= 0.3 is 17.9 Å². The van der Waals surface area contributed by atoms with Gasteiger partial charge in [-0.1, -0.05) is 23.7 Å². The van der Waals surface area contributed by atoms with Crippen molar-refractivity contribution in [2.75, 3.05) is 0 Å². The summed E-state index contributed by atoms with van der Waals surface area (Å²) in [4.78, 5) is 63.1. The van der Waals surface area contributed by atoms with E-state index in [2.05, 4.69) is 15.3 Å². The molecule has 1 aromatic carbocycles. The molecule has 0 aliphatic heterocycles. The Morgan fingerprint density at radius 3 is 2.32 bits per heavy atom. The van der Waals surface area contributed by atoms with Crippen LogP contribution in [0, 0.1) is 0 Å². The predicted octanol–water partition coefficient (Wildman–Crippen LogP) is 5.08. The van der Waals surface area contributed by atoms with Crippen LogP contribution in [0.5, 0.6) is 0 Å². The van der Waals surface area contributed by atoms with Crippen molar-refractivity contribution in [1.82, 2.24) is 33.6 Å². The van der Waals surface area contributed by atoms with Gasteiger partial charge in [0.25, 0.3) is 5.56 Å². The van der Waals surface area contributed by atoms with Crippen molar-refractivity contribution in [3.63, 3.8) is 0 Å². The second-order valence-electron chi connectivity index (χ2n) is 13.3. The topological polar surface area (TPSA) is 144 Å². The number of aryl methyl sites for hydroxylation is 2. The number of hydrogen-bond acceptors (Lipinski definition) is 8. The van der Waals surface area contributed by atoms with Gasteiger partial charge in [0.1, 0.15) is 17.0 Å². The zero-order valence-electron chi connectivity index (χ0n) is 27.6. The van der Waals surface area contributed by atoms with E-state index in [1.807, 2.05) is 6.07 Å². The molecule has 248 valence electrons. The largest absolute Gasteiger partial charge is 0.444 e. The van der Waals surface area contributed by atoms with Gasteiger partial charge in [0.05, 0.1) is 23.8 Å². The lowest BCUT2D eigenvalue weighted by Crippen LogP contribution is -2.40. The quantitative estimate of drug-likeness (QED) is 0.265. The highest BCUT2D eigenvalue weighted by Crippen LogP contribution is 2.29. The third kappa shape index (κ3) is 6.94. The number of imidazole rings is 1. The monoisotopic (exact) mass is 663 g/mol. The summed E-state index contributed by atoms with van der Waals surface area (Å²) in [6.45, 7) is 10.2. The number of pyridine rings is 1. The van der Waals surface area contributed by atoms with Crippen LogP contribution in [0.3, 0.4) is 0 Å². The lowest BCUT2D eigenvalue weighted by molar-refractivity contribution is 0.0497. The van der Waals surface area contributed by atoms with Crippen molar-refractivity contribution in [1.29, 1.82) is 0 Å². The number of carbonyl (C=O) groups excluding carboxylic acids is 2. The maximum atomic E-state index is 14.1. The Morgan fingerprint density at radius 1 is 0.979 bits per heavy atom. The van der Waals surface area contributed by atoms with Crippen LogP contribution >= 0.6 is 11.6 Å². The zero-order valence-corrected chi connectivity index (χ0v) is 28.4. The van der Waals surface area contributed by atoms with Gasteiger partial charge in [-0.25, -0.2) is 23.9 Å². The average molecular weight is 664 g/mol. The molecule has 14 heteroatoms. The molecule has 0 aliphatic carbocycles. The van der Waals surface area contributed by atoms with E-state index in [0.29, 0.717) is 27.4 Å². The smallest absolute Gasteiger partial charge is 0.419 e. The van der Waals surface area contributed by atoms with Crippen molar-refractivity contribution in [2.24, 2.45) is 14.1 Å². The van der Waals surface area contributed by atoms with Crippen molar-refractivity contribution >= 4 is 45.9 Å². The van der Waals surface area contributed by atoms with Gasteiger partial charge in [-0.3, -0.25) is 18.9 Å². The lowest BCUT2D eigenvalue weighted by Gasteiger charge is -2.23. The minimum Gasteiger partial charge on any atom is -0.444 e. The third-order valence-corrected chi connectivity index (χ3v) is 7.65. The molecule has 5 rings (SSSR count). The number of hydrogen-bond donors (Lipinski definition) is 1. The van der Waals surface area contributed by atoms with Gasteiger partial charge in [0, 0.05) is 43.3 Å². The van der Waals surface area contributed by atoms with Crippen LogP contribution in [0.15, 0.2) is 58.4 Å². The summed E-state index contributed by atoms with van der Waals surface area (Å²) < 4.78 is 16.4. The molecule has 1 atom stereocenters. The summed E-state index contributed by atoms with van der Waals surface area (Å²) in [6, 6.07) is 9.67. The number of halogens is 1. The SMILES string of the molecule is Cn1c(C(Cc2cccnc2)NC(=O)OC(C)(C)C)nc2c1c(=O)n(Cc1cc3c(Cl)cccc3n1C(=O)OC(C)(C)C)c(=O)n2C. The molecule has 0 fully saturated rings. The van der Waals surface area contributed by atoms with Gasteiger partial charge < -0.3 is 19.4 Å². The molecular formula is C33H38ClN7O6. The molecule has 13 nitrogen and oxygen atoms in total. The molecule has 0 saturated carbocycles. The van der Waals surface area contributed by atoms with E-state index >= 15 is 0 Å². The summed E-state index contributed by atoms with van der Waals surface area (Å²) in [5.41, 5.74) is -0.975. The van der Waals surface area contributed by atoms with Crippen LogP contribution in [-0.4, -0.2) is 51.6 Å². The van der Waals surface area contributed by atoms with E-state index < -0.39 is 40.7 Å². The van der Waals surface area contributed by atoms with E-state index in [1.165, 1.54) is 16.2 Å². The van der Waals surface area contributed by atoms with Gasteiger partial charge in [-0.05, 0) is 71.4 Å². The molecule has 1 amide bonds. The highest BCUT2D eigenvalue weighted by molar-refractivity contribution is 6.35. The second kappa shape index (κ2) is 12.4. The molecule has 5 aromatic rings. The molecule has 0 bridgehead atoms. The number of ether oxygens (including phenoxy) is 2. The van der Waals surface area contributed by atoms with Crippen LogP contribution in [0.2, 0.25) is 5.02 Å². The van der Waals surface area contributed by atoms with E-state index in [1.54, 1.807) is 95.9 Å². The summed E-state index contributed by atoms with van der Waals surface area (Å²) in [7, 11) is 3.15. The number of rotatable bonds is 6. The first-order valence-corrected chi connectivity index (χ1v) is 15.4. The molecule has 1 N–H and O–H groups in total. The Bertz CT molecular complexity index is 2110. The number of carbonyl (C=O) groups is 2. The number of amides is 1. The second-order valence-corrected chi connectivity index (χ2v) is 13.7. The van der Waals surface area contributed by atoms with Crippen molar-refractivity contribution in [2.45, 2.75) is 71.8 Å². The molecule has 4 heterocycles. The number of aromatic nitrogens is 6. The summed E-state index contributed by atoms with van der Waals surface area (Å²) in [5.74, 6) is 0.328. The zero-order chi connectivity index (χ0) is 34.4. The van der Waals surface area contributed by atoms with Crippen molar-refractivity contribution in [3.8, 4) is 0 Å². The first-order valence-electron chi connectivity index (χ1n) is 15.0. The molecule has 0 saturated heterocycles. The number of alkyl carbamates (subject to hydrolysis) is 1. The number of nitrogens with zero attached hydrogens (tertiary/aromatic N) is 6. The first kappa shape index (κ1) is 33.5. The van der Waals surface area contributed by atoms with Crippen LogP contribution in [-0.2, 0) is 36.5 Å². The van der Waals surface area contributed by atoms with Crippen molar-refractivity contribution < 1.29 is 19.1 Å². The first-order chi connectivity index (χ1) is 21.9. The maximum Gasteiger partial charge on any atom is 0.419 e. The fourth-order valence-corrected chi connectivity index (χ4v) is 5.60. The summed E-state index contributed by atoms with van der Waals surface area (Å²) >= 11 is 6.48. The van der Waals surface area contributed by atoms with Gasteiger partial charge in [0.15, 0.2) is 11.2 Å². The highest BCUT2D eigenvalue weighted by atomic mass is 35.5. The van der Waals surface area contributed by atoms with Gasteiger partial charge in [0.2, 0.25) is 0 Å². The minimum atomic E-state index is -0.805. The highest BCUT2D eigenvalue weighted by Gasteiger charge is 2.29. The molecule has 0 radical (unpaired) electrons. The van der Waals surface area contributed by atoms with Gasteiger partial charge in [-0.2, -0.15) is 0 Å². The standard InChI is InChI=1S/C33H38ClN7O6/c1-32(2,3)46-29(43)36-23(15-19-11-10-14-35-17-19)26-37-27-25(38(26)7)28(42)40(30(44)39(27)8)18-20-16-21-22(34)12-9-13-24(21)41(20)31(45)47-33(4,5)6/h9-14,16-17,23H,15,18H2,1-8H3,(H,36,43). The Labute approximate surface area is 275 Å². The van der Waals surface area contributed by atoms with E-state index in [9.17, 15) is 19.2 Å². The van der Waals surface area contributed by atoms with Crippen LogP contribution < -0.4 is 16.6 Å². The normalized spacial score (nSPS) is 12.8. The number of fused-ring (bicyclic) bond motifs is 2. The summed E-state index contributed by atoms with van der Waals surface area (Å²) in [6.07, 6.45) is 2.25. The Hall–Kier alpha value is -4.91. The fraction of sp³-hybridized carbons (Fsp3) is 0.394. The van der Waals surface area contributed by atoms with E-state index in [4.69, 9.17) is 21.1 Å². The van der Waals surface area contributed by atoms with Crippen LogP contribution in [0.25, 0.3) is 22.1 Å². The molecule has 47 heavy (non-hydrogen) atoms. The van der Waals surface area contributed by atoms with E-state index in [0.717, 1.165) is 10.1 Å². The number of nitrogens with one attached hydrogen (secondary N) is 1. The third-order valence-electron chi connectivity index (χ3n) is 7.32. The lowest BCUT2D eigenvalue weighted by atomic mass is 10.1. The van der Waals surface area contributed by atoms with Gasteiger partial charge in [-0.15, -0.1) is 0 Å². The molecule has 0 spiro atoms. The fourth-order valence-electron chi connectivity index (χ4n) is 5.37. The Morgan fingerprint density at radius 2 is 1.68 bits per heavy atom. The number of benzene rings is 1. The Kier molecular flexibility index (Phi) is 8.80. The van der Waals surface area contributed by atoms with Crippen molar-refractivity contribution in [3.05, 3.63) is 91.7 Å². The van der Waals surface area contributed by atoms with Crippen LogP contribution in [0.1, 0.15) is 64.7 Å². The average Bonchev–Trinajstić information content (AvgIpc) is 3.51. The molecule has 0 aliphatic rings. The predicted molar refractivity (Wildman–Crippen MR) is 178 cm³/mol. The molecular weight excluding hydrogens is 626 g/mol. The maximum absolute atomic E-state index is 14.1. The van der Waals surface area contributed by atoms with E-state index in [-0.39, 0.29) is 24.1 Å².